The van der Waals surface area contributed by atoms with Crippen LogP contribution in [0.1, 0.15) is 30.4 Å². The Morgan fingerprint density at radius 1 is 1.27 bits per heavy atom. The minimum Gasteiger partial charge on any atom is -0.487 e. The standard InChI is InChI=1S/C18H19NO3/c1-13(20)21-12-16-8-18(16)15-7-17(10-19-9-15)22-11-14-5-3-2-4-6-14/h2-7,9-10,16,18H,8,11-12H2,1H3. The number of aromatic nitrogens is 1. The lowest BCUT2D eigenvalue weighted by Gasteiger charge is -2.08. The van der Waals surface area contributed by atoms with E-state index in [4.69, 9.17) is 9.47 Å². The Bertz CT molecular complexity index is 642. The number of benzene rings is 1. The number of rotatable bonds is 6. The fourth-order valence-corrected chi connectivity index (χ4v) is 2.52. The Labute approximate surface area is 130 Å². The van der Waals surface area contributed by atoms with Gasteiger partial charge >= 0.3 is 5.97 Å². The van der Waals surface area contributed by atoms with Crippen LogP contribution in [0.15, 0.2) is 48.8 Å². The van der Waals surface area contributed by atoms with E-state index in [9.17, 15) is 4.79 Å². The fourth-order valence-electron chi connectivity index (χ4n) is 2.52. The summed E-state index contributed by atoms with van der Waals surface area (Å²) in [7, 11) is 0. The first-order chi connectivity index (χ1) is 10.7. The van der Waals surface area contributed by atoms with Crippen molar-refractivity contribution >= 4 is 5.97 Å². The maximum atomic E-state index is 10.8. The van der Waals surface area contributed by atoms with E-state index < -0.39 is 0 Å². The fraction of sp³-hybridized carbons (Fsp3) is 0.333. The maximum absolute atomic E-state index is 10.8. The average molecular weight is 297 g/mol. The van der Waals surface area contributed by atoms with Gasteiger partial charge < -0.3 is 9.47 Å². The number of carbonyl (C=O) groups is 1. The van der Waals surface area contributed by atoms with E-state index in [-0.39, 0.29) is 5.97 Å². The minimum absolute atomic E-state index is 0.219. The zero-order valence-electron chi connectivity index (χ0n) is 12.6. The van der Waals surface area contributed by atoms with Crippen molar-refractivity contribution < 1.29 is 14.3 Å². The van der Waals surface area contributed by atoms with Crippen molar-refractivity contribution in [2.75, 3.05) is 6.61 Å². The maximum Gasteiger partial charge on any atom is 0.302 e. The van der Waals surface area contributed by atoms with Crippen LogP contribution in [0.3, 0.4) is 0 Å². The highest BCUT2D eigenvalue weighted by molar-refractivity contribution is 5.65. The molecule has 2 unspecified atom stereocenters. The molecule has 0 aliphatic heterocycles. The van der Waals surface area contributed by atoms with E-state index in [2.05, 4.69) is 4.98 Å². The van der Waals surface area contributed by atoms with E-state index >= 15 is 0 Å². The van der Waals surface area contributed by atoms with Crippen molar-refractivity contribution in [3.8, 4) is 5.75 Å². The molecule has 22 heavy (non-hydrogen) atoms. The number of nitrogens with zero attached hydrogens (tertiary/aromatic N) is 1. The highest BCUT2D eigenvalue weighted by Crippen LogP contribution is 2.47. The molecule has 0 radical (unpaired) electrons. The molecule has 1 fully saturated rings. The molecule has 1 saturated carbocycles. The third kappa shape index (κ3) is 3.85. The first-order valence-electron chi connectivity index (χ1n) is 7.47. The molecular weight excluding hydrogens is 278 g/mol. The SMILES string of the molecule is CC(=O)OCC1CC1c1cncc(OCc2ccccc2)c1. The Hall–Kier alpha value is -2.36. The summed E-state index contributed by atoms with van der Waals surface area (Å²) in [6.07, 6.45) is 4.64. The van der Waals surface area contributed by atoms with Crippen molar-refractivity contribution in [3.05, 3.63) is 59.9 Å². The van der Waals surface area contributed by atoms with Gasteiger partial charge in [0.15, 0.2) is 0 Å². The first kappa shape index (κ1) is 14.6. The van der Waals surface area contributed by atoms with E-state index in [1.54, 1.807) is 6.20 Å². The van der Waals surface area contributed by atoms with Gasteiger partial charge in [-0.3, -0.25) is 9.78 Å². The molecule has 1 heterocycles. The molecule has 0 saturated heterocycles. The van der Waals surface area contributed by atoms with Crippen LogP contribution >= 0.6 is 0 Å². The molecule has 0 bridgehead atoms. The topological polar surface area (TPSA) is 48.4 Å². The van der Waals surface area contributed by atoms with Crippen molar-refractivity contribution in [1.29, 1.82) is 0 Å². The Morgan fingerprint density at radius 3 is 2.86 bits per heavy atom. The summed E-state index contributed by atoms with van der Waals surface area (Å²) in [5.41, 5.74) is 2.29. The van der Waals surface area contributed by atoms with Crippen molar-refractivity contribution in [2.24, 2.45) is 5.92 Å². The molecule has 4 nitrogen and oxygen atoms in total. The Kier molecular flexibility index (Phi) is 4.37. The lowest BCUT2D eigenvalue weighted by atomic mass is 10.1. The molecule has 1 aliphatic carbocycles. The van der Waals surface area contributed by atoms with Gasteiger partial charge in [-0.1, -0.05) is 30.3 Å². The second kappa shape index (κ2) is 6.60. The number of hydrogen-bond acceptors (Lipinski definition) is 4. The molecule has 0 spiro atoms. The summed E-state index contributed by atoms with van der Waals surface area (Å²) in [4.78, 5) is 15.1. The Balaban J connectivity index is 1.56. The smallest absolute Gasteiger partial charge is 0.302 e. The quantitative estimate of drug-likeness (QED) is 0.767. The third-order valence-corrected chi connectivity index (χ3v) is 3.83. The van der Waals surface area contributed by atoms with Gasteiger partial charge in [0.05, 0.1) is 12.8 Å². The zero-order chi connectivity index (χ0) is 15.4. The van der Waals surface area contributed by atoms with E-state index in [1.807, 2.05) is 42.6 Å². The second-order valence-corrected chi connectivity index (χ2v) is 5.63. The summed E-state index contributed by atoms with van der Waals surface area (Å²) < 4.78 is 10.9. The van der Waals surface area contributed by atoms with Gasteiger partial charge in [0.25, 0.3) is 0 Å². The third-order valence-electron chi connectivity index (χ3n) is 3.83. The number of hydrogen-bond donors (Lipinski definition) is 0. The first-order valence-corrected chi connectivity index (χ1v) is 7.47. The largest absolute Gasteiger partial charge is 0.487 e. The molecule has 2 atom stereocenters. The predicted octanol–water partition coefficient (Wildman–Crippen LogP) is 3.33. The number of carbonyl (C=O) groups excluding carboxylic acids is 1. The van der Waals surface area contributed by atoms with E-state index in [0.717, 1.165) is 23.3 Å². The normalized spacial score (nSPS) is 19.5. The van der Waals surface area contributed by atoms with Gasteiger partial charge in [-0.25, -0.2) is 0 Å². The van der Waals surface area contributed by atoms with Crippen molar-refractivity contribution in [3.63, 3.8) is 0 Å². The van der Waals surface area contributed by atoms with Crippen LogP contribution in [0.2, 0.25) is 0 Å². The average Bonchev–Trinajstić information content (AvgIpc) is 3.32. The van der Waals surface area contributed by atoms with Gasteiger partial charge in [0.1, 0.15) is 12.4 Å². The highest BCUT2D eigenvalue weighted by atomic mass is 16.5. The number of pyridine rings is 1. The number of ether oxygens (including phenoxy) is 2. The molecular formula is C18H19NO3. The second-order valence-electron chi connectivity index (χ2n) is 5.63. The van der Waals surface area contributed by atoms with Crippen LogP contribution in [0, 0.1) is 5.92 Å². The van der Waals surface area contributed by atoms with Crippen LogP contribution < -0.4 is 4.74 Å². The lowest BCUT2D eigenvalue weighted by Crippen LogP contribution is -2.03. The van der Waals surface area contributed by atoms with Gasteiger partial charge in [0, 0.05) is 19.0 Å². The van der Waals surface area contributed by atoms with Crippen LogP contribution in [-0.4, -0.2) is 17.6 Å². The molecule has 0 N–H and O–H groups in total. The van der Waals surface area contributed by atoms with Gasteiger partial charge in [-0.05, 0) is 29.5 Å². The summed E-state index contributed by atoms with van der Waals surface area (Å²) in [6.45, 7) is 2.47. The molecule has 3 rings (SSSR count). The monoisotopic (exact) mass is 297 g/mol. The molecule has 0 amide bonds. The highest BCUT2D eigenvalue weighted by Gasteiger charge is 2.39. The minimum atomic E-state index is -0.219. The molecule has 1 aromatic carbocycles. The van der Waals surface area contributed by atoms with Crippen molar-refractivity contribution in [2.45, 2.75) is 25.9 Å². The van der Waals surface area contributed by atoms with Crippen LogP contribution in [0.4, 0.5) is 0 Å². The van der Waals surface area contributed by atoms with Gasteiger partial charge in [-0.15, -0.1) is 0 Å². The van der Waals surface area contributed by atoms with Gasteiger partial charge in [0.2, 0.25) is 0 Å². The van der Waals surface area contributed by atoms with Crippen LogP contribution in [-0.2, 0) is 16.1 Å². The van der Waals surface area contributed by atoms with E-state index in [1.165, 1.54) is 6.92 Å². The molecule has 114 valence electrons. The van der Waals surface area contributed by atoms with Gasteiger partial charge in [-0.2, -0.15) is 0 Å². The number of esters is 1. The molecule has 4 heteroatoms. The zero-order valence-corrected chi connectivity index (χ0v) is 12.6. The predicted molar refractivity (Wildman–Crippen MR) is 82.5 cm³/mol. The summed E-state index contributed by atoms with van der Waals surface area (Å²) in [5.74, 6) is 1.39. The van der Waals surface area contributed by atoms with Crippen molar-refractivity contribution in [1.82, 2.24) is 4.98 Å². The molecule has 1 aliphatic rings. The summed E-state index contributed by atoms with van der Waals surface area (Å²) in [5, 5.41) is 0. The summed E-state index contributed by atoms with van der Waals surface area (Å²) >= 11 is 0. The molecule has 2 aromatic rings. The summed E-state index contributed by atoms with van der Waals surface area (Å²) in [6, 6.07) is 12.1. The van der Waals surface area contributed by atoms with E-state index in [0.29, 0.717) is 25.0 Å². The van der Waals surface area contributed by atoms with Crippen LogP contribution in [0.5, 0.6) is 5.75 Å². The molecule has 1 aromatic heterocycles. The van der Waals surface area contributed by atoms with Crippen LogP contribution in [0.25, 0.3) is 0 Å². The lowest BCUT2D eigenvalue weighted by molar-refractivity contribution is -0.141. The Morgan fingerprint density at radius 2 is 2.09 bits per heavy atom.